The SMILES string of the molecule is O=C(c1cccs1)[C@]1(c2cccs2)OCCC[C@@H]1Br. The molecule has 3 heterocycles. The van der Waals surface area contributed by atoms with E-state index in [9.17, 15) is 4.79 Å². The number of thiophene rings is 2. The third-order valence-corrected chi connectivity index (χ3v) is 6.30. The van der Waals surface area contributed by atoms with E-state index in [0.29, 0.717) is 6.61 Å². The molecule has 0 unspecified atom stereocenters. The quantitative estimate of drug-likeness (QED) is 0.599. The summed E-state index contributed by atoms with van der Waals surface area (Å²) in [6.07, 6.45) is 1.94. The first kappa shape index (κ1) is 13.5. The fraction of sp³-hybridized carbons (Fsp3) is 0.357. The van der Waals surface area contributed by atoms with E-state index < -0.39 is 5.60 Å². The second kappa shape index (κ2) is 5.48. The van der Waals surface area contributed by atoms with E-state index in [0.717, 1.165) is 22.6 Å². The van der Waals surface area contributed by atoms with Crippen molar-refractivity contribution < 1.29 is 9.53 Å². The number of carbonyl (C=O) groups is 1. The lowest BCUT2D eigenvalue weighted by molar-refractivity contribution is -0.0496. The normalized spacial score (nSPS) is 27.3. The molecule has 0 radical (unpaired) electrons. The summed E-state index contributed by atoms with van der Waals surface area (Å²) in [6, 6.07) is 7.75. The molecule has 3 rings (SSSR count). The summed E-state index contributed by atoms with van der Waals surface area (Å²) in [6.45, 7) is 0.636. The van der Waals surface area contributed by atoms with Crippen LogP contribution in [0.3, 0.4) is 0 Å². The smallest absolute Gasteiger partial charge is 0.211 e. The van der Waals surface area contributed by atoms with Gasteiger partial charge in [0.15, 0.2) is 5.60 Å². The molecule has 0 bridgehead atoms. The van der Waals surface area contributed by atoms with Gasteiger partial charge in [-0.3, -0.25) is 4.79 Å². The van der Waals surface area contributed by atoms with Crippen molar-refractivity contribution in [3.8, 4) is 0 Å². The van der Waals surface area contributed by atoms with Crippen LogP contribution >= 0.6 is 38.6 Å². The van der Waals surface area contributed by atoms with Gasteiger partial charge in [-0.15, -0.1) is 22.7 Å². The molecule has 0 amide bonds. The van der Waals surface area contributed by atoms with Crippen LogP contribution < -0.4 is 0 Å². The summed E-state index contributed by atoms with van der Waals surface area (Å²) in [7, 11) is 0. The molecule has 2 nitrogen and oxygen atoms in total. The largest absolute Gasteiger partial charge is 0.360 e. The molecule has 1 fully saturated rings. The Morgan fingerprint density at radius 3 is 2.74 bits per heavy atom. The first-order chi connectivity index (χ1) is 9.25. The molecule has 19 heavy (non-hydrogen) atoms. The Balaban J connectivity index is 2.09. The fourth-order valence-corrected chi connectivity index (χ4v) is 5.13. The summed E-state index contributed by atoms with van der Waals surface area (Å²) >= 11 is 6.75. The number of rotatable bonds is 3. The van der Waals surface area contributed by atoms with Crippen molar-refractivity contribution in [3.63, 3.8) is 0 Å². The number of ketones is 1. The van der Waals surface area contributed by atoms with Crippen LogP contribution in [0.2, 0.25) is 0 Å². The van der Waals surface area contributed by atoms with Crippen molar-refractivity contribution in [1.29, 1.82) is 0 Å². The van der Waals surface area contributed by atoms with E-state index in [4.69, 9.17) is 4.74 Å². The van der Waals surface area contributed by atoms with Crippen LogP contribution in [0.1, 0.15) is 27.4 Å². The molecule has 0 N–H and O–H groups in total. The van der Waals surface area contributed by atoms with Crippen molar-refractivity contribution in [3.05, 3.63) is 44.8 Å². The number of alkyl halides is 1. The van der Waals surface area contributed by atoms with Crippen molar-refractivity contribution in [1.82, 2.24) is 0 Å². The maximum Gasteiger partial charge on any atom is 0.211 e. The van der Waals surface area contributed by atoms with Crippen molar-refractivity contribution in [2.75, 3.05) is 6.61 Å². The third-order valence-electron chi connectivity index (χ3n) is 3.34. The van der Waals surface area contributed by atoms with Crippen LogP contribution in [-0.4, -0.2) is 17.2 Å². The van der Waals surface area contributed by atoms with Gasteiger partial charge in [-0.05, 0) is 35.7 Å². The summed E-state index contributed by atoms with van der Waals surface area (Å²) in [5, 5.41) is 3.93. The Kier molecular flexibility index (Phi) is 3.89. The van der Waals surface area contributed by atoms with Crippen LogP contribution in [0.25, 0.3) is 0 Å². The van der Waals surface area contributed by atoms with Gasteiger partial charge in [0.2, 0.25) is 5.78 Å². The van der Waals surface area contributed by atoms with Gasteiger partial charge in [-0.25, -0.2) is 0 Å². The van der Waals surface area contributed by atoms with Crippen molar-refractivity contribution >= 4 is 44.4 Å². The topological polar surface area (TPSA) is 26.3 Å². The molecule has 2 aromatic heterocycles. The zero-order valence-electron chi connectivity index (χ0n) is 10.2. The highest BCUT2D eigenvalue weighted by Crippen LogP contribution is 2.44. The van der Waals surface area contributed by atoms with Gasteiger partial charge < -0.3 is 4.74 Å². The molecule has 2 atom stereocenters. The van der Waals surface area contributed by atoms with E-state index >= 15 is 0 Å². The third kappa shape index (κ3) is 2.23. The molecular formula is C14H13BrO2S2. The maximum absolute atomic E-state index is 13.0. The number of carbonyl (C=O) groups excluding carboxylic acids is 1. The monoisotopic (exact) mass is 356 g/mol. The summed E-state index contributed by atoms with van der Waals surface area (Å²) in [5.41, 5.74) is -0.850. The zero-order chi connectivity index (χ0) is 13.3. The average molecular weight is 357 g/mol. The zero-order valence-corrected chi connectivity index (χ0v) is 13.4. The maximum atomic E-state index is 13.0. The second-order valence-corrected chi connectivity index (χ2v) is 7.48. The number of Topliss-reactive ketones (excluding diaryl/α,β-unsaturated/α-hetero) is 1. The van der Waals surface area contributed by atoms with E-state index in [2.05, 4.69) is 15.9 Å². The molecule has 1 saturated heterocycles. The molecule has 1 aliphatic rings. The van der Waals surface area contributed by atoms with Crippen molar-refractivity contribution in [2.24, 2.45) is 0 Å². The molecule has 0 aromatic carbocycles. The van der Waals surface area contributed by atoms with Crippen LogP contribution in [0, 0.1) is 0 Å². The first-order valence-corrected chi connectivity index (χ1v) is 8.83. The van der Waals surface area contributed by atoms with E-state index in [1.54, 1.807) is 11.3 Å². The minimum Gasteiger partial charge on any atom is -0.360 e. The highest BCUT2D eigenvalue weighted by atomic mass is 79.9. The van der Waals surface area contributed by atoms with E-state index in [1.807, 2.05) is 35.0 Å². The van der Waals surface area contributed by atoms with Crippen molar-refractivity contribution in [2.45, 2.75) is 23.3 Å². The van der Waals surface area contributed by atoms with Gasteiger partial charge in [-0.2, -0.15) is 0 Å². The molecule has 2 aromatic rings. The Hall–Kier alpha value is -0.490. The number of hydrogen-bond donors (Lipinski definition) is 0. The van der Waals surface area contributed by atoms with Gasteiger partial charge in [-0.1, -0.05) is 28.1 Å². The standard InChI is InChI=1S/C14H13BrO2S2/c15-11-5-1-7-17-14(11,12-6-3-9-19-12)13(16)10-4-2-8-18-10/h2-4,6,8-9,11H,1,5,7H2/t11-,14-/m0/s1. The van der Waals surface area contributed by atoms with E-state index in [-0.39, 0.29) is 10.6 Å². The molecule has 100 valence electrons. The minimum absolute atomic E-state index is 0.0296. The summed E-state index contributed by atoms with van der Waals surface area (Å²) < 4.78 is 6.03. The van der Waals surface area contributed by atoms with Gasteiger partial charge in [0.05, 0.1) is 9.70 Å². The Labute approximate surface area is 128 Å². The van der Waals surface area contributed by atoms with Crippen LogP contribution in [0.15, 0.2) is 35.0 Å². The Morgan fingerprint density at radius 2 is 2.11 bits per heavy atom. The molecule has 0 aliphatic carbocycles. The molecule has 1 aliphatic heterocycles. The Morgan fingerprint density at radius 1 is 1.32 bits per heavy atom. The number of ether oxygens (including phenoxy) is 1. The van der Waals surface area contributed by atoms with Crippen LogP contribution in [-0.2, 0) is 10.3 Å². The first-order valence-electron chi connectivity index (χ1n) is 6.15. The molecule has 5 heteroatoms. The summed E-state index contributed by atoms with van der Waals surface area (Å²) in [5.74, 6) is 0.0755. The van der Waals surface area contributed by atoms with Crippen LogP contribution in [0.5, 0.6) is 0 Å². The van der Waals surface area contributed by atoms with Crippen LogP contribution in [0.4, 0.5) is 0 Å². The lowest BCUT2D eigenvalue weighted by atomic mass is 9.87. The van der Waals surface area contributed by atoms with Gasteiger partial charge in [0.1, 0.15) is 0 Å². The number of hydrogen-bond acceptors (Lipinski definition) is 4. The lowest BCUT2D eigenvalue weighted by Gasteiger charge is -2.39. The number of halogens is 1. The summed E-state index contributed by atoms with van der Waals surface area (Å²) in [4.78, 5) is 14.7. The molecular weight excluding hydrogens is 344 g/mol. The predicted molar refractivity (Wildman–Crippen MR) is 82.5 cm³/mol. The molecule has 0 spiro atoms. The average Bonchev–Trinajstić information content (AvgIpc) is 3.12. The second-order valence-electron chi connectivity index (χ2n) is 4.48. The van der Waals surface area contributed by atoms with Gasteiger partial charge in [0, 0.05) is 11.5 Å². The fourth-order valence-electron chi connectivity index (χ4n) is 2.42. The van der Waals surface area contributed by atoms with Gasteiger partial charge in [0.25, 0.3) is 0 Å². The highest BCUT2D eigenvalue weighted by molar-refractivity contribution is 9.09. The van der Waals surface area contributed by atoms with E-state index in [1.165, 1.54) is 11.3 Å². The minimum atomic E-state index is -0.850. The Bertz CT molecular complexity index is 550. The highest BCUT2D eigenvalue weighted by Gasteiger charge is 2.50. The molecule has 0 saturated carbocycles. The van der Waals surface area contributed by atoms with Gasteiger partial charge >= 0.3 is 0 Å². The predicted octanol–water partition coefficient (Wildman–Crippen LogP) is 4.46. The lowest BCUT2D eigenvalue weighted by Crippen LogP contribution is -2.48.